The maximum atomic E-state index is 14.3. The molecule has 6 heteroatoms. The van der Waals surface area contributed by atoms with Gasteiger partial charge < -0.3 is 4.74 Å². The molecule has 0 aliphatic carbocycles. The highest BCUT2D eigenvalue weighted by molar-refractivity contribution is 7.07. The van der Waals surface area contributed by atoms with Crippen LogP contribution < -0.4 is 4.74 Å². The van der Waals surface area contributed by atoms with E-state index in [0.29, 0.717) is 0 Å². The predicted octanol–water partition coefficient (Wildman–Crippen LogP) is 5.04. The van der Waals surface area contributed by atoms with Crippen molar-refractivity contribution in [1.82, 2.24) is 0 Å². The average Bonchev–Trinajstić information content (AvgIpc) is 3.06. The van der Waals surface area contributed by atoms with E-state index in [4.69, 9.17) is 4.74 Å². The summed E-state index contributed by atoms with van der Waals surface area (Å²) in [5.74, 6) is -0.271. The fourth-order valence-electron chi connectivity index (χ4n) is 2.27. The second-order valence-electron chi connectivity index (χ2n) is 4.81. The molecule has 0 fully saturated rings. The Morgan fingerprint density at radius 2 is 1.96 bits per heavy atom. The summed E-state index contributed by atoms with van der Waals surface area (Å²) < 4.78 is 20.0. The van der Waals surface area contributed by atoms with Crippen molar-refractivity contribution in [2.24, 2.45) is 0 Å². The number of nitro groups is 1. The summed E-state index contributed by atoms with van der Waals surface area (Å²) >= 11 is 1.54. The highest BCUT2D eigenvalue weighted by atomic mass is 32.1. The predicted molar refractivity (Wildman–Crippen MR) is 87.1 cm³/mol. The SMILES string of the molecule is O=[N+]([O-])c1ccccc1-c1c(F)cccc1OCc1ccsc1. The first-order chi connectivity index (χ1) is 11.2. The van der Waals surface area contributed by atoms with Crippen LogP contribution in [0.25, 0.3) is 11.1 Å². The zero-order valence-corrected chi connectivity index (χ0v) is 12.8. The summed E-state index contributed by atoms with van der Waals surface area (Å²) in [5, 5.41) is 15.1. The topological polar surface area (TPSA) is 52.4 Å². The van der Waals surface area contributed by atoms with Gasteiger partial charge in [-0.25, -0.2) is 4.39 Å². The molecule has 1 heterocycles. The van der Waals surface area contributed by atoms with E-state index in [-0.39, 0.29) is 29.2 Å². The number of hydrogen-bond acceptors (Lipinski definition) is 4. The fraction of sp³-hybridized carbons (Fsp3) is 0.0588. The van der Waals surface area contributed by atoms with Gasteiger partial charge in [-0.15, -0.1) is 0 Å². The number of halogens is 1. The van der Waals surface area contributed by atoms with E-state index >= 15 is 0 Å². The van der Waals surface area contributed by atoms with Crippen molar-refractivity contribution in [3.05, 3.63) is 80.8 Å². The molecule has 23 heavy (non-hydrogen) atoms. The number of thiophene rings is 1. The van der Waals surface area contributed by atoms with Crippen LogP contribution >= 0.6 is 11.3 Å². The molecule has 0 aliphatic rings. The van der Waals surface area contributed by atoms with Crippen LogP contribution in [0.1, 0.15) is 5.56 Å². The van der Waals surface area contributed by atoms with Crippen LogP contribution in [-0.2, 0) is 6.61 Å². The van der Waals surface area contributed by atoms with E-state index in [1.807, 2.05) is 16.8 Å². The molecule has 0 unspecified atom stereocenters. The second-order valence-corrected chi connectivity index (χ2v) is 5.59. The summed E-state index contributed by atoms with van der Waals surface area (Å²) in [6.07, 6.45) is 0. The molecule has 4 nitrogen and oxygen atoms in total. The zero-order valence-electron chi connectivity index (χ0n) is 11.9. The Morgan fingerprint density at radius 3 is 2.70 bits per heavy atom. The minimum absolute atomic E-state index is 0.107. The van der Waals surface area contributed by atoms with Crippen molar-refractivity contribution in [1.29, 1.82) is 0 Å². The van der Waals surface area contributed by atoms with Gasteiger partial charge in [-0.05, 0) is 40.6 Å². The summed E-state index contributed by atoms with van der Waals surface area (Å²) in [6, 6.07) is 12.4. The number of nitrogens with zero attached hydrogens (tertiary/aromatic N) is 1. The standard InChI is InChI=1S/C17H12FNO3S/c18-14-5-3-7-16(22-10-12-8-9-23-11-12)17(14)13-4-1-2-6-15(13)19(20)21/h1-9,11H,10H2. The van der Waals surface area contributed by atoms with Gasteiger partial charge in [-0.3, -0.25) is 10.1 Å². The maximum Gasteiger partial charge on any atom is 0.277 e. The lowest BCUT2D eigenvalue weighted by molar-refractivity contribution is -0.384. The Kier molecular flexibility index (Phi) is 4.34. The van der Waals surface area contributed by atoms with Crippen LogP contribution in [-0.4, -0.2) is 4.92 Å². The van der Waals surface area contributed by atoms with Crippen molar-refractivity contribution in [3.63, 3.8) is 0 Å². The molecule has 3 rings (SSSR count). The van der Waals surface area contributed by atoms with Crippen LogP contribution in [0.4, 0.5) is 10.1 Å². The third kappa shape index (κ3) is 3.22. The molecule has 0 saturated carbocycles. The van der Waals surface area contributed by atoms with Crippen molar-refractivity contribution in [3.8, 4) is 16.9 Å². The number of rotatable bonds is 5. The Morgan fingerprint density at radius 1 is 1.13 bits per heavy atom. The summed E-state index contributed by atoms with van der Waals surface area (Å²) in [7, 11) is 0. The molecule has 116 valence electrons. The van der Waals surface area contributed by atoms with Crippen molar-refractivity contribution in [2.75, 3.05) is 0 Å². The number of para-hydroxylation sites is 1. The first-order valence-electron chi connectivity index (χ1n) is 6.83. The van der Waals surface area contributed by atoms with Gasteiger partial charge in [0.15, 0.2) is 0 Å². The van der Waals surface area contributed by atoms with Crippen LogP contribution in [0.3, 0.4) is 0 Å². The molecule has 0 aliphatic heterocycles. The molecule has 0 atom stereocenters. The highest BCUT2D eigenvalue weighted by Gasteiger charge is 2.21. The van der Waals surface area contributed by atoms with Crippen molar-refractivity contribution in [2.45, 2.75) is 6.61 Å². The average molecular weight is 329 g/mol. The van der Waals surface area contributed by atoms with Crippen molar-refractivity contribution >= 4 is 17.0 Å². The number of benzene rings is 2. The van der Waals surface area contributed by atoms with Gasteiger partial charge in [-0.2, -0.15) is 11.3 Å². The Labute approximate surface area is 135 Å². The molecule has 0 N–H and O–H groups in total. The maximum absolute atomic E-state index is 14.3. The molecule has 0 spiro atoms. The van der Waals surface area contributed by atoms with Gasteiger partial charge in [0.2, 0.25) is 0 Å². The van der Waals surface area contributed by atoms with E-state index in [0.717, 1.165) is 5.56 Å². The first kappa shape index (κ1) is 15.2. The lowest BCUT2D eigenvalue weighted by Crippen LogP contribution is -1.99. The fourth-order valence-corrected chi connectivity index (χ4v) is 2.92. The van der Waals surface area contributed by atoms with Crippen molar-refractivity contribution < 1.29 is 14.1 Å². The number of nitro benzene ring substituents is 1. The summed E-state index contributed by atoms with van der Waals surface area (Å²) in [5.41, 5.74) is 1.12. The van der Waals surface area contributed by atoms with Crippen LogP contribution in [0, 0.1) is 15.9 Å². The van der Waals surface area contributed by atoms with E-state index in [9.17, 15) is 14.5 Å². The smallest absolute Gasteiger partial charge is 0.277 e. The lowest BCUT2D eigenvalue weighted by atomic mass is 10.0. The Balaban J connectivity index is 2.03. The molecular weight excluding hydrogens is 317 g/mol. The van der Waals surface area contributed by atoms with Gasteiger partial charge in [0, 0.05) is 6.07 Å². The third-order valence-corrected chi connectivity index (χ3v) is 4.05. The van der Waals surface area contributed by atoms with Crippen LogP contribution in [0.15, 0.2) is 59.3 Å². The first-order valence-corrected chi connectivity index (χ1v) is 7.77. The second kappa shape index (κ2) is 6.58. The molecule has 0 bridgehead atoms. The zero-order chi connectivity index (χ0) is 16.2. The van der Waals surface area contributed by atoms with Crippen LogP contribution in [0.2, 0.25) is 0 Å². The van der Waals surface area contributed by atoms with E-state index in [2.05, 4.69) is 0 Å². The molecule has 0 amide bonds. The number of ether oxygens (including phenoxy) is 1. The lowest BCUT2D eigenvalue weighted by Gasteiger charge is -2.12. The minimum atomic E-state index is -0.554. The minimum Gasteiger partial charge on any atom is -0.488 e. The number of hydrogen-bond donors (Lipinski definition) is 0. The normalized spacial score (nSPS) is 10.5. The van der Waals surface area contributed by atoms with Gasteiger partial charge in [0.25, 0.3) is 5.69 Å². The monoisotopic (exact) mass is 329 g/mol. The summed E-state index contributed by atoms with van der Waals surface area (Å²) in [6.45, 7) is 0.278. The molecule has 0 saturated heterocycles. The third-order valence-electron chi connectivity index (χ3n) is 3.32. The molecule has 3 aromatic rings. The van der Waals surface area contributed by atoms with Gasteiger partial charge >= 0.3 is 0 Å². The van der Waals surface area contributed by atoms with Crippen LogP contribution in [0.5, 0.6) is 5.75 Å². The summed E-state index contributed by atoms with van der Waals surface area (Å²) in [4.78, 5) is 10.7. The Hall–Kier alpha value is -2.73. The van der Waals surface area contributed by atoms with Gasteiger partial charge in [0.05, 0.1) is 16.1 Å². The molecule has 2 aromatic carbocycles. The Bertz CT molecular complexity index is 834. The van der Waals surface area contributed by atoms with Gasteiger partial charge in [-0.1, -0.05) is 18.2 Å². The largest absolute Gasteiger partial charge is 0.488 e. The highest BCUT2D eigenvalue weighted by Crippen LogP contribution is 2.38. The van der Waals surface area contributed by atoms with Gasteiger partial charge in [0.1, 0.15) is 18.2 Å². The van der Waals surface area contributed by atoms with E-state index in [1.165, 1.54) is 24.3 Å². The molecule has 0 radical (unpaired) electrons. The quantitative estimate of drug-likeness (QED) is 0.486. The molecule has 1 aromatic heterocycles. The molecular formula is C17H12FNO3S. The van der Waals surface area contributed by atoms with E-state index in [1.54, 1.807) is 29.5 Å². The van der Waals surface area contributed by atoms with E-state index < -0.39 is 10.7 Å².